The van der Waals surface area contributed by atoms with Crippen LogP contribution in [0.25, 0.3) is 0 Å². The second-order valence-corrected chi connectivity index (χ2v) is 5.63. The lowest BCUT2D eigenvalue weighted by atomic mass is 9.85. The van der Waals surface area contributed by atoms with Crippen LogP contribution in [0.1, 0.15) is 24.2 Å². The molecular weight excluding hydrogens is 272 g/mol. The number of hydrogen-bond donors (Lipinski definition) is 0. The average Bonchev–Trinajstić information content (AvgIpc) is 2.47. The molecule has 6 heteroatoms. The van der Waals surface area contributed by atoms with Crippen molar-refractivity contribution in [3.63, 3.8) is 0 Å². The molecule has 1 aromatic carbocycles. The number of non-ortho nitro benzene ring substituents is 1. The summed E-state index contributed by atoms with van der Waals surface area (Å²) in [6.45, 7) is 6.59. The Morgan fingerprint density at radius 3 is 2.38 bits per heavy atom. The summed E-state index contributed by atoms with van der Waals surface area (Å²) in [4.78, 5) is 22.7. The summed E-state index contributed by atoms with van der Waals surface area (Å²) in [5.41, 5.74) is -0.190. The van der Waals surface area contributed by atoms with Gasteiger partial charge in [-0.2, -0.15) is 0 Å². The van der Waals surface area contributed by atoms with E-state index >= 15 is 0 Å². The first kappa shape index (κ1) is 15.3. The van der Waals surface area contributed by atoms with E-state index in [1.807, 2.05) is 20.1 Å². The van der Waals surface area contributed by atoms with Crippen molar-refractivity contribution >= 4 is 17.7 Å². The highest BCUT2D eigenvalue weighted by molar-refractivity contribution is 6.08. The van der Waals surface area contributed by atoms with E-state index in [-0.39, 0.29) is 11.5 Å². The molecule has 1 aliphatic heterocycles. The average molecular weight is 291 g/mol. The second kappa shape index (κ2) is 6.13. The lowest BCUT2D eigenvalue weighted by Gasteiger charge is -2.19. The van der Waals surface area contributed by atoms with Gasteiger partial charge in [0.15, 0.2) is 25.1 Å². The number of nitro groups is 1. The Bertz CT molecular complexity index is 568. The standard InChI is InChI=1S/C15H19N2O4/c1-15(2,11-16-7-9-21-10-8-16)14(18)12-3-5-13(6-4-12)17(19)20/h3-6,11H,7-10H2,1-2H3/q+1. The van der Waals surface area contributed by atoms with Crippen molar-refractivity contribution < 1.29 is 19.0 Å². The van der Waals surface area contributed by atoms with Crippen molar-refractivity contribution in [2.75, 3.05) is 26.3 Å². The summed E-state index contributed by atoms with van der Waals surface area (Å²) in [6.07, 6.45) is 1.93. The number of hydrogen-bond acceptors (Lipinski definition) is 4. The number of Topliss-reactive ketones (excluding diaryl/α,β-unsaturated/α-hetero) is 1. The Kier molecular flexibility index (Phi) is 4.47. The molecular formula is C15H19N2O4+. The van der Waals surface area contributed by atoms with Gasteiger partial charge in [0.25, 0.3) is 5.69 Å². The normalized spacial score (nSPS) is 15.6. The van der Waals surface area contributed by atoms with Gasteiger partial charge in [0.2, 0.25) is 0 Å². The number of ether oxygens (including phenoxy) is 1. The highest BCUT2D eigenvalue weighted by Gasteiger charge is 2.32. The van der Waals surface area contributed by atoms with E-state index in [1.165, 1.54) is 24.3 Å². The largest absolute Gasteiger partial charge is 0.368 e. The molecule has 21 heavy (non-hydrogen) atoms. The Morgan fingerprint density at radius 2 is 1.86 bits per heavy atom. The molecule has 0 amide bonds. The Morgan fingerprint density at radius 1 is 1.29 bits per heavy atom. The van der Waals surface area contributed by atoms with E-state index in [0.29, 0.717) is 18.8 Å². The molecule has 0 aromatic heterocycles. The maximum atomic E-state index is 12.6. The molecule has 112 valence electrons. The first-order chi connectivity index (χ1) is 9.90. The van der Waals surface area contributed by atoms with Crippen molar-refractivity contribution in [1.29, 1.82) is 0 Å². The number of benzene rings is 1. The van der Waals surface area contributed by atoms with Crippen LogP contribution in [0.2, 0.25) is 0 Å². The summed E-state index contributed by atoms with van der Waals surface area (Å²) in [6, 6.07) is 5.74. The van der Waals surface area contributed by atoms with Crippen molar-refractivity contribution in [2.24, 2.45) is 5.41 Å². The van der Waals surface area contributed by atoms with Gasteiger partial charge >= 0.3 is 0 Å². The molecule has 0 unspecified atom stereocenters. The number of nitro benzene ring substituents is 1. The minimum absolute atomic E-state index is 0.0125. The molecule has 0 radical (unpaired) electrons. The van der Waals surface area contributed by atoms with Gasteiger partial charge < -0.3 is 4.74 Å². The zero-order valence-corrected chi connectivity index (χ0v) is 12.2. The molecule has 1 aliphatic rings. The third-order valence-electron chi connectivity index (χ3n) is 3.48. The van der Waals surface area contributed by atoms with E-state index in [2.05, 4.69) is 4.58 Å². The summed E-state index contributed by atoms with van der Waals surface area (Å²) in [5.74, 6) is -0.0520. The minimum Gasteiger partial charge on any atom is -0.368 e. The molecule has 1 aromatic rings. The van der Waals surface area contributed by atoms with Crippen LogP contribution in [0.15, 0.2) is 24.3 Å². The number of ketones is 1. The van der Waals surface area contributed by atoms with Crippen molar-refractivity contribution in [1.82, 2.24) is 0 Å². The topological polar surface area (TPSA) is 72.5 Å². The van der Waals surface area contributed by atoms with Gasteiger partial charge in [0.1, 0.15) is 18.6 Å². The summed E-state index contributed by atoms with van der Waals surface area (Å²) >= 11 is 0. The maximum absolute atomic E-state index is 12.6. The third-order valence-corrected chi connectivity index (χ3v) is 3.48. The van der Waals surface area contributed by atoms with Crippen molar-refractivity contribution in [3.05, 3.63) is 39.9 Å². The zero-order valence-electron chi connectivity index (χ0n) is 12.2. The SMILES string of the molecule is CC(C)(C=[N+]1CCOCC1)C(=O)c1ccc([N+](=O)[O-])cc1. The molecule has 1 heterocycles. The van der Waals surface area contributed by atoms with Gasteiger partial charge in [-0.25, -0.2) is 4.58 Å². The first-order valence-electron chi connectivity index (χ1n) is 6.87. The van der Waals surface area contributed by atoms with Crippen LogP contribution < -0.4 is 0 Å². The van der Waals surface area contributed by atoms with Gasteiger partial charge in [0.05, 0.1) is 4.92 Å². The molecule has 0 saturated carbocycles. The van der Waals surface area contributed by atoms with E-state index in [0.717, 1.165) is 13.1 Å². The number of nitrogens with zero attached hydrogens (tertiary/aromatic N) is 2. The van der Waals surface area contributed by atoms with Crippen LogP contribution in [0, 0.1) is 15.5 Å². The third kappa shape index (κ3) is 3.72. The molecule has 0 N–H and O–H groups in total. The summed E-state index contributed by atoms with van der Waals surface area (Å²) < 4.78 is 7.37. The second-order valence-electron chi connectivity index (χ2n) is 5.63. The maximum Gasteiger partial charge on any atom is 0.269 e. The van der Waals surface area contributed by atoms with Crippen LogP contribution in [-0.2, 0) is 4.74 Å². The van der Waals surface area contributed by atoms with E-state index in [4.69, 9.17) is 4.74 Å². The van der Waals surface area contributed by atoms with Gasteiger partial charge in [-0.05, 0) is 26.0 Å². The van der Waals surface area contributed by atoms with E-state index in [1.54, 1.807) is 0 Å². The van der Waals surface area contributed by atoms with Gasteiger partial charge in [-0.1, -0.05) is 0 Å². The molecule has 0 aliphatic carbocycles. The molecule has 0 atom stereocenters. The van der Waals surface area contributed by atoms with E-state index in [9.17, 15) is 14.9 Å². The Hall–Kier alpha value is -2.08. The summed E-state index contributed by atoms with van der Waals surface area (Å²) in [5, 5.41) is 10.6. The molecule has 0 spiro atoms. The van der Waals surface area contributed by atoms with Crippen LogP contribution in [0.4, 0.5) is 5.69 Å². The van der Waals surface area contributed by atoms with Gasteiger partial charge in [-0.3, -0.25) is 14.9 Å². The molecule has 6 nitrogen and oxygen atoms in total. The number of rotatable bonds is 4. The van der Waals surface area contributed by atoms with Crippen LogP contribution in [-0.4, -0.2) is 47.8 Å². The lowest BCUT2D eigenvalue weighted by Crippen LogP contribution is -2.36. The zero-order chi connectivity index (χ0) is 15.5. The predicted octanol–water partition coefficient (Wildman–Crippen LogP) is 1.92. The lowest BCUT2D eigenvalue weighted by molar-refractivity contribution is -0.547. The van der Waals surface area contributed by atoms with E-state index < -0.39 is 10.3 Å². The minimum atomic E-state index is -0.659. The quantitative estimate of drug-likeness (QED) is 0.368. The first-order valence-corrected chi connectivity index (χ1v) is 6.87. The Labute approximate surface area is 123 Å². The molecule has 1 fully saturated rings. The highest BCUT2D eigenvalue weighted by atomic mass is 16.6. The van der Waals surface area contributed by atoms with Gasteiger partial charge in [-0.15, -0.1) is 0 Å². The Balaban J connectivity index is 2.18. The molecule has 1 saturated heterocycles. The van der Waals surface area contributed by atoms with Crippen molar-refractivity contribution in [3.8, 4) is 0 Å². The van der Waals surface area contributed by atoms with Crippen LogP contribution in [0.3, 0.4) is 0 Å². The number of carbonyl (C=O) groups excluding carboxylic acids is 1. The fourth-order valence-electron chi connectivity index (χ4n) is 2.33. The predicted molar refractivity (Wildman–Crippen MR) is 78.1 cm³/mol. The summed E-state index contributed by atoms with van der Waals surface area (Å²) in [7, 11) is 0. The monoisotopic (exact) mass is 291 g/mol. The fourth-order valence-corrected chi connectivity index (χ4v) is 2.33. The highest BCUT2D eigenvalue weighted by Crippen LogP contribution is 2.22. The fraction of sp³-hybridized carbons (Fsp3) is 0.467. The molecule has 2 rings (SSSR count). The number of morpholine rings is 1. The molecule has 0 bridgehead atoms. The van der Waals surface area contributed by atoms with Gasteiger partial charge in [0, 0.05) is 17.7 Å². The number of carbonyl (C=O) groups is 1. The van der Waals surface area contributed by atoms with Crippen LogP contribution in [0.5, 0.6) is 0 Å². The van der Waals surface area contributed by atoms with Crippen molar-refractivity contribution in [2.45, 2.75) is 13.8 Å². The van der Waals surface area contributed by atoms with Crippen LogP contribution >= 0.6 is 0 Å². The smallest absolute Gasteiger partial charge is 0.269 e.